The molecule has 0 saturated heterocycles. The molecule has 2 atom stereocenters. The minimum Gasteiger partial charge on any atom is -0.462 e. The molecule has 3 N–H and O–H groups in total. The molecule has 0 aromatic carbocycles. The molecule has 83 heavy (non-hydrogen) atoms. The van der Waals surface area contributed by atoms with Gasteiger partial charge in [-0.05, 0) is 109 Å². The largest absolute Gasteiger partial charge is 0.472 e. The molecule has 0 heterocycles. The molecule has 0 amide bonds. The summed E-state index contributed by atoms with van der Waals surface area (Å²) >= 11 is 0. The Morgan fingerprint density at radius 3 is 0.928 bits per heavy atom. The van der Waals surface area contributed by atoms with Crippen LogP contribution in [0.5, 0.6) is 0 Å². The van der Waals surface area contributed by atoms with Crippen LogP contribution < -0.4 is 5.73 Å². The van der Waals surface area contributed by atoms with Gasteiger partial charge in [-0.15, -0.1) is 0 Å². The van der Waals surface area contributed by atoms with E-state index in [1.807, 2.05) is 0 Å². The lowest BCUT2D eigenvalue weighted by Gasteiger charge is -2.19. The first-order valence-electron chi connectivity index (χ1n) is 33.7. The highest BCUT2D eigenvalue weighted by Crippen LogP contribution is 2.43. The summed E-state index contributed by atoms with van der Waals surface area (Å²) in [6.07, 6.45) is 95.3. The van der Waals surface area contributed by atoms with Crippen LogP contribution >= 0.6 is 7.82 Å². The molecular weight excluding hydrogens is 1050 g/mol. The van der Waals surface area contributed by atoms with Gasteiger partial charge in [0.25, 0.3) is 0 Å². The Labute approximate surface area is 510 Å². The lowest BCUT2D eigenvalue weighted by atomic mass is 10.0. The molecule has 0 saturated carbocycles. The zero-order chi connectivity index (χ0) is 60.1. The van der Waals surface area contributed by atoms with Gasteiger partial charge in [-0.1, -0.05) is 295 Å². The van der Waals surface area contributed by atoms with Crippen molar-refractivity contribution in [1.29, 1.82) is 0 Å². The van der Waals surface area contributed by atoms with E-state index in [0.717, 1.165) is 109 Å². The van der Waals surface area contributed by atoms with Crippen molar-refractivity contribution in [3.63, 3.8) is 0 Å². The maximum absolute atomic E-state index is 12.8. The highest BCUT2D eigenvalue weighted by Gasteiger charge is 2.26. The third-order valence-electron chi connectivity index (χ3n) is 14.0. The molecule has 0 aliphatic heterocycles. The van der Waals surface area contributed by atoms with E-state index in [9.17, 15) is 19.0 Å². The van der Waals surface area contributed by atoms with Crippen molar-refractivity contribution in [3.8, 4) is 0 Å². The van der Waals surface area contributed by atoms with Crippen molar-refractivity contribution in [3.05, 3.63) is 134 Å². The highest BCUT2D eigenvalue weighted by atomic mass is 31.2. The standard InChI is InChI=1S/C73H124NO8P/c1-3-5-7-9-11-13-15-17-19-21-23-25-27-29-31-32-33-34-35-36-37-38-40-42-44-46-48-50-52-54-56-58-60-62-64-66-73(76)82-71(70-81-83(77,78)80-68-67-74)69-79-72(75)65-63-61-59-57-55-53-51-49-47-45-43-41-39-30-28-26-24-22-20-18-16-14-12-10-8-6-4-2/h5-8,11-14,17-20,23-26,29,31,33-34,36-37,71H,3-4,9-10,15-16,21-22,27-28,30,32,35,38-70,74H2,1-2H3,(H,77,78)/b7-5-,8-6-,13-11-,14-12-,19-17-,20-18-,25-23-,26-24-,31-29-,34-33-,37-36-. The third kappa shape index (κ3) is 67.2. The normalized spacial score (nSPS) is 13.8. The SMILES string of the molecule is CC/C=C\C/C=C\C/C=C\C/C=C\C/C=C\C/C=C\C/C=C\CCCCCCCCCCCCCCCC(=O)OC(COC(=O)CCCCCCCCCCCCCCCC/C=C\C/C=C\C/C=C\C/C=C\CC)COP(=O)(O)OCCN. The van der Waals surface area contributed by atoms with Crippen LogP contribution in [0.2, 0.25) is 0 Å². The lowest BCUT2D eigenvalue weighted by Crippen LogP contribution is -2.29. The molecule has 0 bridgehead atoms. The second kappa shape index (κ2) is 67.3. The predicted octanol–water partition coefficient (Wildman–Crippen LogP) is 22.1. The van der Waals surface area contributed by atoms with Gasteiger partial charge in [-0.3, -0.25) is 18.6 Å². The number of rotatable bonds is 62. The van der Waals surface area contributed by atoms with Crippen LogP contribution in [0.4, 0.5) is 0 Å². The number of ether oxygens (including phenoxy) is 2. The Bertz CT molecular complexity index is 1820. The van der Waals surface area contributed by atoms with Crippen LogP contribution in [0.25, 0.3) is 0 Å². The molecule has 0 aliphatic carbocycles. The van der Waals surface area contributed by atoms with Gasteiger partial charge in [-0.25, -0.2) is 4.57 Å². The number of hydrogen-bond donors (Lipinski definition) is 2. The zero-order valence-electron chi connectivity index (χ0n) is 53.1. The van der Waals surface area contributed by atoms with Gasteiger partial charge < -0.3 is 20.1 Å². The monoisotopic (exact) mass is 1170 g/mol. The van der Waals surface area contributed by atoms with E-state index >= 15 is 0 Å². The fraction of sp³-hybridized carbons (Fsp3) is 0.671. The van der Waals surface area contributed by atoms with E-state index < -0.39 is 26.5 Å². The van der Waals surface area contributed by atoms with Crippen LogP contribution in [0.3, 0.4) is 0 Å². The number of carbonyl (C=O) groups excluding carboxylic acids is 2. The molecular formula is C73H124NO8P. The number of phosphoric ester groups is 1. The number of unbranched alkanes of at least 4 members (excludes halogenated alkanes) is 27. The molecule has 474 valence electrons. The minimum atomic E-state index is -4.40. The summed E-state index contributed by atoms with van der Waals surface area (Å²) in [4.78, 5) is 35.3. The molecule has 2 unspecified atom stereocenters. The summed E-state index contributed by atoms with van der Waals surface area (Å²) in [6, 6.07) is 0. The molecule has 0 fully saturated rings. The van der Waals surface area contributed by atoms with E-state index in [4.69, 9.17) is 24.3 Å². The van der Waals surface area contributed by atoms with Gasteiger partial charge in [0.2, 0.25) is 0 Å². The van der Waals surface area contributed by atoms with E-state index in [0.29, 0.717) is 6.42 Å². The number of allylic oxidation sites excluding steroid dienone is 22. The number of nitrogens with two attached hydrogens (primary N) is 1. The van der Waals surface area contributed by atoms with E-state index in [-0.39, 0.29) is 38.6 Å². The zero-order valence-corrected chi connectivity index (χ0v) is 54.0. The smallest absolute Gasteiger partial charge is 0.462 e. The topological polar surface area (TPSA) is 134 Å². The van der Waals surface area contributed by atoms with Crippen LogP contribution in [-0.4, -0.2) is 49.3 Å². The maximum atomic E-state index is 12.8. The van der Waals surface area contributed by atoms with Gasteiger partial charge in [-0.2, -0.15) is 0 Å². The highest BCUT2D eigenvalue weighted by molar-refractivity contribution is 7.47. The van der Waals surface area contributed by atoms with Crippen molar-refractivity contribution in [2.45, 2.75) is 290 Å². The third-order valence-corrected chi connectivity index (χ3v) is 15.0. The quantitative estimate of drug-likeness (QED) is 0.0264. The summed E-state index contributed by atoms with van der Waals surface area (Å²) in [5, 5.41) is 0. The fourth-order valence-electron chi connectivity index (χ4n) is 9.14. The molecule has 0 aliphatic rings. The average Bonchev–Trinajstić information content (AvgIpc) is 3.48. The summed E-state index contributed by atoms with van der Waals surface area (Å²) in [5.74, 6) is -0.829. The van der Waals surface area contributed by atoms with Crippen LogP contribution in [-0.2, 0) is 32.7 Å². The maximum Gasteiger partial charge on any atom is 0.472 e. The van der Waals surface area contributed by atoms with Crippen LogP contribution in [0.1, 0.15) is 284 Å². The summed E-state index contributed by atoms with van der Waals surface area (Å²) in [7, 11) is -4.40. The Kier molecular flexibility index (Phi) is 64.2. The minimum absolute atomic E-state index is 0.0484. The van der Waals surface area contributed by atoms with Crippen LogP contribution in [0.15, 0.2) is 134 Å². The number of hydrogen-bond acceptors (Lipinski definition) is 8. The first kappa shape index (κ1) is 79.2. The summed E-state index contributed by atoms with van der Waals surface area (Å²) in [5.41, 5.74) is 5.40. The van der Waals surface area contributed by atoms with Gasteiger partial charge >= 0.3 is 19.8 Å². The molecule has 0 aromatic rings. The average molecular weight is 1170 g/mol. The van der Waals surface area contributed by atoms with Crippen molar-refractivity contribution in [1.82, 2.24) is 0 Å². The second-order valence-electron chi connectivity index (χ2n) is 21.9. The van der Waals surface area contributed by atoms with E-state index in [2.05, 4.69) is 148 Å². The number of carbonyl (C=O) groups is 2. The molecule has 0 rings (SSSR count). The van der Waals surface area contributed by atoms with Gasteiger partial charge in [0.15, 0.2) is 6.10 Å². The van der Waals surface area contributed by atoms with Gasteiger partial charge in [0.1, 0.15) is 6.61 Å². The lowest BCUT2D eigenvalue weighted by molar-refractivity contribution is -0.161. The molecule has 0 spiro atoms. The van der Waals surface area contributed by atoms with Crippen LogP contribution in [0, 0.1) is 0 Å². The Balaban J connectivity index is 3.92. The van der Waals surface area contributed by atoms with Crippen molar-refractivity contribution >= 4 is 19.8 Å². The Morgan fingerprint density at radius 1 is 0.361 bits per heavy atom. The number of esters is 2. The molecule has 0 radical (unpaired) electrons. The van der Waals surface area contributed by atoms with E-state index in [1.54, 1.807) is 0 Å². The van der Waals surface area contributed by atoms with Crippen molar-refractivity contribution in [2.24, 2.45) is 5.73 Å². The predicted molar refractivity (Wildman–Crippen MR) is 357 cm³/mol. The second-order valence-corrected chi connectivity index (χ2v) is 23.4. The van der Waals surface area contributed by atoms with E-state index in [1.165, 1.54) is 141 Å². The summed E-state index contributed by atoms with van der Waals surface area (Å²) < 4.78 is 33.2. The Morgan fingerprint density at radius 2 is 0.627 bits per heavy atom. The molecule has 10 heteroatoms. The first-order chi connectivity index (χ1) is 40.8. The Hall–Kier alpha value is -3.85. The fourth-order valence-corrected chi connectivity index (χ4v) is 9.90. The van der Waals surface area contributed by atoms with Crippen molar-refractivity contribution in [2.75, 3.05) is 26.4 Å². The summed E-state index contributed by atoms with van der Waals surface area (Å²) in [6.45, 7) is 3.53. The number of phosphoric acid groups is 1. The van der Waals surface area contributed by atoms with Gasteiger partial charge in [0, 0.05) is 19.4 Å². The van der Waals surface area contributed by atoms with Crippen molar-refractivity contribution < 1.29 is 37.6 Å². The molecule has 0 aromatic heterocycles. The first-order valence-corrected chi connectivity index (χ1v) is 35.2. The van der Waals surface area contributed by atoms with Gasteiger partial charge in [0.05, 0.1) is 13.2 Å². The molecule has 9 nitrogen and oxygen atoms in total.